The van der Waals surface area contributed by atoms with Gasteiger partial charge in [-0.3, -0.25) is 9.79 Å². The molecule has 180 valence electrons. The lowest BCUT2D eigenvalue weighted by Crippen LogP contribution is -2.52. The van der Waals surface area contributed by atoms with E-state index in [2.05, 4.69) is 20.5 Å². The lowest BCUT2D eigenvalue weighted by atomic mass is 10.2. The minimum atomic E-state index is -0.443. The molecule has 3 rings (SSSR count). The number of hydrogen-bond donors (Lipinski definition) is 2. The Balaban J connectivity index is 0.00000385. The summed E-state index contributed by atoms with van der Waals surface area (Å²) in [7, 11) is 5.42. The summed E-state index contributed by atoms with van der Waals surface area (Å²) in [5.74, 6) is -0.184. The summed E-state index contributed by atoms with van der Waals surface area (Å²) in [6, 6.07) is 11.2. The smallest absolute Gasteiger partial charge is 0.238 e. The predicted octanol–water partition coefficient (Wildman–Crippen LogP) is 2.98. The molecule has 0 spiro atoms. The van der Waals surface area contributed by atoms with Gasteiger partial charge in [-0.05, 0) is 43.9 Å². The second-order valence-electron chi connectivity index (χ2n) is 7.96. The fourth-order valence-electron chi connectivity index (χ4n) is 3.65. The van der Waals surface area contributed by atoms with Crippen LogP contribution in [0.15, 0.2) is 47.5 Å². The van der Waals surface area contributed by atoms with Crippen molar-refractivity contribution in [3.05, 3.63) is 59.7 Å². The Bertz CT molecular complexity index is 964. The largest absolute Gasteiger partial charge is 0.366 e. The number of nitrogens with one attached hydrogen (secondary N) is 2. The van der Waals surface area contributed by atoms with Gasteiger partial charge in [-0.1, -0.05) is 12.1 Å². The van der Waals surface area contributed by atoms with Gasteiger partial charge in [-0.15, -0.1) is 24.0 Å². The number of hydrogen-bond acceptors (Lipinski definition) is 4. The molecular formula is C23H31F2IN6O. The van der Waals surface area contributed by atoms with Crippen LogP contribution in [0.5, 0.6) is 0 Å². The summed E-state index contributed by atoms with van der Waals surface area (Å²) >= 11 is 0. The van der Waals surface area contributed by atoms with Gasteiger partial charge in [0.1, 0.15) is 11.6 Å². The molecule has 2 aromatic carbocycles. The van der Waals surface area contributed by atoms with Gasteiger partial charge in [0.15, 0.2) is 5.96 Å². The molecule has 0 aromatic heterocycles. The third kappa shape index (κ3) is 7.81. The zero-order valence-electron chi connectivity index (χ0n) is 19.1. The SMILES string of the molecule is CN=C(NCc1cccc(NC(=O)CN(C)C)c1)N1CCN(c2cc(F)ccc2F)CC1.I. The highest BCUT2D eigenvalue weighted by molar-refractivity contribution is 14.0. The van der Waals surface area contributed by atoms with E-state index in [9.17, 15) is 13.6 Å². The van der Waals surface area contributed by atoms with Crippen molar-refractivity contribution < 1.29 is 13.6 Å². The Morgan fingerprint density at radius 1 is 1.09 bits per heavy atom. The monoisotopic (exact) mass is 572 g/mol. The second kappa shape index (κ2) is 12.7. The van der Waals surface area contributed by atoms with Crippen molar-refractivity contribution in [3.63, 3.8) is 0 Å². The molecule has 0 bridgehead atoms. The quantitative estimate of drug-likeness (QED) is 0.317. The van der Waals surface area contributed by atoms with Gasteiger partial charge >= 0.3 is 0 Å². The lowest BCUT2D eigenvalue weighted by Gasteiger charge is -2.37. The Labute approximate surface area is 210 Å². The van der Waals surface area contributed by atoms with Crippen molar-refractivity contribution in [2.45, 2.75) is 6.54 Å². The number of anilines is 2. The number of likely N-dealkylation sites (N-methyl/N-ethyl adjacent to an activating group) is 1. The van der Waals surface area contributed by atoms with E-state index < -0.39 is 11.6 Å². The standard InChI is InChI=1S/C23H30F2N6O.HI/c1-26-23(27-15-17-5-4-6-19(13-17)28-22(32)16-29(2)3)31-11-9-30(10-12-31)21-14-18(24)7-8-20(21)25;/h4-8,13-14H,9-12,15-16H2,1-3H3,(H,26,27)(H,28,32);1H. The van der Waals surface area contributed by atoms with Crippen LogP contribution in [0.1, 0.15) is 5.56 Å². The topological polar surface area (TPSA) is 63.2 Å². The molecular weight excluding hydrogens is 541 g/mol. The molecule has 7 nitrogen and oxygen atoms in total. The molecule has 0 saturated carbocycles. The number of halogens is 3. The highest BCUT2D eigenvalue weighted by atomic mass is 127. The van der Waals surface area contributed by atoms with Crippen LogP contribution in [-0.4, -0.2) is 75.5 Å². The fourth-order valence-corrected chi connectivity index (χ4v) is 3.65. The van der Waals surface area contributed by atoms with Crippen LogP contribution >= 0.6 is 24.0 Å². The molecule has 10 heteroatoms. The van der Waals surface area contributed by atoms with Crippen LogP contribution < -0.4 is 15.5 Å². The van der Waals surface area contributed by atoms with Gasteiger partial charge < -0.3 is 25.3 Å². The van der Waals surface area contributed by atoms with Gasteiger partial charge in [0, 0.05) is 51.5 Å². The summed E-state index contributed by atoms with van der Waals surface area (Å²) in [4.78, 5) is 22.1. The highest BCUT2D eigenvalue weighted by Gasteiger charge is 2.22. The number of carbonyl (C=O) groups is 1. The second-order valence-corrected chi connectivity index (χ2v) is 7.96. The fraction of sp³-hybridized carbons (Fsp3) is 0.391. The maximum Gasteiger partial charge on any atom is 0.238 e. The molecule has 2 N–H and O–H groups in total. The van der Waals surface area contributed by atoms with E-state index in [1.165, 1.54) is 6.07 Å². The number of piperazine rings is 1. The molecule has 1 heterocycles. The number of amides is 1. The van der Waals surface area contributed by atoms with Crippen molar-refractivity contribution in [1.29, 1.82) is 0 Å². The lowest BCUT2D eigenvalue weighted by molar-refractivity contribution is -0.116. The van der Waals surface area contributed by atoms with Gasteiger partial charge in [0.25, 0.3) is 0 Å². The molecule has 1 amide bonds. The molecule has 1 aliphatic rings. The molecule has 0 aliphatic carbocycles. The summed E-state index contributed by atoms with van der Waals surface area (Å²) in [5, 5.41) is 6.24. The van der Waals surface area contributed by atoms with E-state index in [0.717, 1.165) is 29.3 Å². The summed E-state index contributed by atoms with van der Waals surface area (Å²) in [6.07, 6.45) is 0. The number of rotatable bonds is 6. The number of guanidine groups is 1. The van der Waals surface area contributed by atoms with Crippen LogP contribution in [0.2, 0.25) is 0 Å². The Morgan fingerprint density at radius 2 is 1.82 bits per heavy atom. The normalized spacial score (nSPS) is 14.2. The van der Waals surface area contributed by atoms with Crippen molar-refractivity contribution in [1.82, 2.24) is 15.1 Å². The Kier molecular flexibility index (Phi) is 10.3. The first-order valence-corrected chi connectivity index (χ1v) is 10.5. The zero-order chi connectivity index (χ0) is 23.1. The number of aliphatic imine (C=N–C) groups is 1. The van der Waals surface area contributed by atoms with E-state index in [1.54, 1.807) is 7.05 Å². The van der Waals surface area contributed by atoms with E-state index in [-0.39, 0.29) is 29.9 Å². The minimum absolute atomic E-state index is 0. The summed E-state index contributed by atoms with van der Waals surface area (Å²) < 4.78 is 27.6. The first-order chi connectivity index (χ1) is 15.4. The van der Waals surface area contributed by atoms with E-state index in [0.29, 0.717) is 45.0 Å². The van der Waals surface area contributed by atoms with E-state index in [4.69, 9.17) is 0 Å². The van der Waals surface area contributed by atoms with Crippen LogP contribution in [0, 0.1) is 11.6 Å². The Hall–Kier alpha value is -2.47. The zero-order valence-corrected chi connectivity index (χ0v) is 21.5. The molecule has 1 fully saturated rings. The molecule has 0 unspecified atom stereocenters. The molecule has 1 aliphatic heterocycles. The third-order valence-corrected chi connectivity index (χ3v) is 5.16. The summed E-state index contributed by atoms with van der Waals surface area (Å²) in [6.45, 7) is 3.26. The maximum atomic E-state index is 14.1. The van der Waals surface area contributed by atoms with Gasteiger partial charge in [-0.2, -0.15) is 0 Å². The third-order valence-electron chi connectivity index (χ3n) is 5.16. The van der Waals surface area contributed by atoms with Gasteiger partial charge in [0.05, 0.1) is 12.2 Å². The molecule has 0 radical (unpaired) electrons. The molecule has 0 atom stereocenters. The van der Waals surface area contributed by atoms with E-state index >= 15 is 0 Å². The van der Waals surface area contributed by atoms with Crippen molar-refractivity contribution in [2.24, 2.45) is 4.99 Å². The first kappa shape index (κ1) is 26.8. The predicted molar refractivity (Wildman–Crippen MR) is 139 cm³/mol. The molecule has 2 aromatic rings. The van der Waals surface area contributed by atoms with Gasteiger partial charge in [-0.25, -0.2) is 8.78 Å². The average Bonchev–Trinajstić information content (AvgIpc) is 2.76. The Morgan fingerprint density at radius 3 is 2.48 bits per heavy atom. The van der Waals surface area contributed by atoms with Crippen molar-refractivity contribution in [3.8, 4) is 0 Å². The van der Waals surface area contributed by atoms with Crippen LogP contribution in [0.4, 0.5) is 20.2 Å². The van der Waals surface area contributed by atoms with Crippen LogP contribution in [0.3, 0.4) is 0 Å². The van der Waals surface area contributed by atoms with Crippen molar-refractivity contribution in [2.75, 3.05) is 64.1 Å². The highest BCUT2D eigenvalue weighted by Crippen LogP contribution is 2.22. The number of benzene rings is 2. The first-order valence-electron chi connectivity index (χ1n) is 10.5. The van der Waals surface area contributed by atoms with Crippen LogP contribution in [0.25, 0.3) is 0 Å². The average molecular weight is 572 g/mol. The molecule has 1 saturated heterocycles. The van der Waals surface area contributed by atoms with E-state index in [1.807, 2.05) is 48.2 Å². The number of nitrogens with zero attached hydrogens (tertiary/aromatic N) is 4. The maximum absolute atomic E-state index is 14.1. The minimum Gasteiger partial charge on any atom is -0.366 e. The number of carbonyl (C=O) groups excluding carboxylic acids is 1. The van der Waals surface area contributed by atoms with Crippen molar-refractivity contribution >= 4 is 47.2 Å². The van der Waals surface area contributed by atoms with Crippen LogP contribution in [-0.2, 0) is 11.3 Å². The van der Waals surface area contributed by atoms with Gasteiger partial charge in [0.2, 0.25) is 5.91 Å². The molecule has 33 heavy (non-hydrogen) atoms. The summed E-state index contributed by atoms with van der Waals surface area (Å²) in [5.41, 5.74) is 2.05.